The summed E-state index contributed by atoms with van der Waals surface area (Å²) in [6, 6.07) is 13.5. The molecule has 0 N–H and O–H groups in total. The number of halogens is 1. The highest BCUT2D eigenvalue weighted by molar-refractivity contribution is 7.99. The van der Waals surface area contributed by atoms with Gasteiger partial charge in [0.2, 0.25) is 0 Å². The van der Waals surface area contributed by atoms with Gasteiger partial charge in [0.05, 0.1) is 5.02 Å². The minimum absolute atomic E-state index is 0.611. The molecule has 0 amide bonds. The first-order valence-corrected chi connectivity index (χ1v) is 6.38. The van der Waals surface area contributed by atoms with Crippen LogP contribution in [0.2, 0.25) is 5.02 Å². The molecule has 0 aliphatic heterocycles. The summed E-state index contributed by atoms with van der Waals surface area (Å²) in [6.45, 7) is 2.04. The molecule has 3 heteroatoms. The summed E-state index contributed by atoms with van der Waals surface area (Å²) in [5, 5.41) is 0.611. The van der Waals surface area contributed by atoms with Gasteiger partial charge in [-0.25, -0.2) is 0 Å². The zero-order valence-electron chi connectivity index (χ0n) is 9.31. The highest BCUT2D eigenvalue weighted by Gasteiger charge is 2.07. The van der Waals surface area contributed by atoms with Crippen molar-refractivity contribution in [3.05, 3.63) is 58.6 Å². The van der Waals surface area contributed by atoms with Crippen LogP contribution in [0, 0.1) is 6.92 Å². The van der Waals surface area contributed by atoms with Crippen LogP contribution in [-0.2, 0) is 0 Å². The van der Waals surface area contributed by atoms with Crippen molar-refractivity contribution in [3.8, 4) is 0 Å². The van der Waals surface area contributed by atoms with Crippen molar-refractivity contribution in [2.75, 3.05) is 0 Å². The quantitative estimate of drug-likeness (QED) is 0.752. The van der Waals surface area contributed by atoms with Crippen LogP contribution in [-0.4, -0.2) is 6.29 Å². The predicted molar refractivity (Wildman–Crippen MR) is 72.1 cm³/mol. The van der Waals surface area contributed by atoms with E-state index in [2.05, 4.69) is 0 Å². The third-order valence-electron chi connectivity index (χ3n) is 2.37. The minimum atomic E-state index is 0.611. The summed E-state index contributed by atoms with van der Waals surface area (Å²) < 4.78 is 0. The van der Waals surface area contributed by atoms with E-state index in [-0.39, 0.29) is 0 Å². The van der Waals surface area contributed by atoms with Gasteiger partial charge in [0.15, 0.2) is 6.29 Å². The molecule has 0 bridgehead atoms. The molecule has 0 saturated heterocycles. The first-order chi connectivity index (χ1) is 8.20. The summed E-state index contributed by atoms with van der Waals surface area (Å²) in [5.41, 5.74) is 1.84. The van der Waals surface area contributed by atoms with Gasteiger partial charge in [-0.05, 0) is 25.1 Å². The van der Waals surface area contributed by atoms with E-state index in [0.717, 1.165) is 16.1 Å². The number of carbonyl (C=O) groups excluding carboxylic acids is 1. The maximum atomic E-state index is 11.0. The summed E-state index contributed by atoms with van der Waals surface area (Å²) in [4.78, 5) is 12.8. The predicted octanol–water partition coefficient (Wildman–Crippen LogP) is 4.61. The van der Waals surface area contributed by atoms with E-state index in [1.807, 2.05) is 31.2 Å². The standard InChI is InChI=1S/C14H11ClOS/c1-10-5-7-12(8-6-10)17-14-11(9-16)3-2-4-13(14)15/h2-9H,1H3. The van der Waals surface area contributed by atoms with E-state index in [1.165, 1.54) is 17.3 Å². The molecule has 0 unspecified atom stereocenters. The molecule has 0 aliphatic rings. The van der Waals surface area contributed by atoms with Crippen molar-refractivity contribution in [2.45, 2.75) is 16.7 Å². The van der Waals surface area contributed by atoms with E-state index < -0.39 is 0 Å². The molecular formula is C14H11ClOS. The fourth-order valence-electron chi connectivity index (χ4n) is 1.45. The molecule has 0 aliphatic carbocycles. The summed E-state index contributed by atoms with van der Waals surface area (Å²) >= 11 is 7.62. The Hall–Kier alpha value is -1.25. The third-order valence-corrected chi connectivity index (χ3v) is 3.96. The Morgan fingerprint density at radius 2 is 1.82 bits per heavy atom. The van der Waals surface area contributed by atoms with Gasteiger partial charge < -0.3 is 0 Å². The average molecular weight is 263 g/mol. The number of benzene rings is 2. The van der Waals surface area contributed by atoms with E-state index in [0.29, 0.717) is 10.6 Å². The van der Waals surface area contributed by atoms with E-state index in [1.54, 1.807) is 18.2 Å². The SMILES string of the molecule is Cc1ccc(Sc2c(Cl)cccc2C=O)cc1. The van der Waals surface area contributed by atoms with Crippen molar-refractivity contribution in [3.63, 3.8) is 0 Å². The summed E-state index contributed by atoms with van der Waals surface area (Å²) in [6.07, 6.45) is 0.836. The fourth-order valence-corrected chi connectivity index (χ4v) is 2.66. The summed E-state index contributed by atoms with van der Waals surface area (Å²) in [5.74, 6) is 0. The van der Waals surface area contributed by atoms with E-state index >= 15 is 0 Å². The van der Waals surface area contributed by atoms with Crippen molar-refractivity contribution >= 4 is 29.6 Å². The normalized spacial score (nSPS) is 10.2. The van der Waals surface area contributed by atoms with Gasteiger partial charge in [-0.3, -0.25) is 4.79 Å². The van der Waals surface area contributed by atoms with Crippen molar-refractivity contribution in [1.82, 2.24) is 0 Å². The monoisotopic (exact) mass is 262 g/mol. The molecule has 2 aromatic carbocycles. The molecule has 0 aromatic heterocycles. The second kappa shape index (κ2) is 5.39. The van der Waals surface area contributed by atoms with Gasteiger partial charge in [0.1, 0.15) is 0 Å². The Bertz CT molecular complexity index is 534. The lowest BCUT2D eigenvalue weighted by Crippen LogP contribution is -1.86. The van der Waals surface area contributed by atoms with Gasteiger partial charge in [-0.1, -0.05) is 53.2 Å². The number of hydrogen-bond acceptors (Lipinski definition) is 2. The Morgan fingerprint density at radius 3 is 2.47 bits per heavy atom. The van der Waals surface area contributed by atoms with Crippen LogP contribution in [0.5, 0.6) is 0 Å². The second-order valence-electron chi connectivity index (χ2n) is 3.69. The maximum Gasteiger partial charge on any atom is 0.151 e. The number of aldehydes is 1. The maximum absolute atomic E-state index is 11.0. The number of hydrogen-bond donors (Lipinski definition) is 0. The highest BCUT2D eigenvalue weighted by atomic mass is 35.5. The van der Waals surface area contributed by atoms with Gasteiger partial charge in [0, 0.05) is 15.4 Å². The average Bonchev–Trinajstić information content (AvgIpc) is 2.34. The van der Waals surface area contributed by atoms with Crippen LogP contribution in [0.15, 0.2) is 52.3 Å². The first kappa shape index (κ1) is 12.2. The fraction of sp³-hybridized carbons (Fsp3) is 0.0714. The van der Waals surface area contributed by atoms with E-state index in [4.69, 9.17) is 11.6 Å². The molecule has 86 valence electrons. The Kier molecular flexibility index (Phi) is 3.87. The number of carbonyl (C=O) groups is 1. The number of aryl methyl sites for hydroxylation is 1. The van der Waals surface area contributed by atoms with Crippen molar-refractivity contribution < 1.29 is 4.79 Å². The Morgan fingerprint density at radius 1 is 1.12 bits per heavy atom. The zero-order valence-corrected chi connectivity index (χ0v) is 10.9. The van der Waals surface area contributed by atoms with Gasteiger partial charge in [0.25, 0.3) is 0 Å². The number of rotatable bonds is 3. The molecule has 0 heterocycles. The zero-order chi connectivity index (χ0) is 12.3. The molecule has 0 saturated carbocycles. The molecule has 2 aromatic rings. The lowest BCUT2D eigenvalue weighted by Gasteiger charge is -2.07. The van der Waals surface area contributed by atoms with Crippen molar-refractivity contribution in [1.29, 1.82) is 0 Å². The lowest BCUT2D eigenvalue weighted by atomic mass is 10.2. The Labute approximate surface area is 110 Å². The smallest absolute Gasteiger partial charge is 0.151 e. The molecule has 0 spiro atoms. The largest absolute Gasteiger partial charge is 0.298 e. The molecule has 0 atom stereocenters. The second-order valence-corrected chi connectivity index (χ2v) is 5.18. The van der Waals surface area contributed by atoms with Crippen LogP contribution in [0.25, 0.3) is 0 Å². The van der Waals surface area contributed by atoms with Gasteiger partial charge >= 0.3 is 0 Å². The minimum Gasteiger partial charge on any atom is -0.298 e. The third kappa shape index (κ3) is 2.90. The highest BCUT2D eigenvalue weighted by Crippen LogP contribution is 2.35. The van der Waals surface area contributed by atoms with Crippen molar-refractivity contribution in [2.24, 2.45) is 0 Å². The molecule has 2 rings (SSSR count). The van der Waals surface area contributed by atoms with Crippen LogP contribution in [0.4, 0.5) is 0 Å². The lowest BCUT2D eigenvalue weighted by molar-refractivity contribution is 0.112. The van der Waals surface area contributed by atoms with Gasteiger partial charge in [-0.2, -0.15) is 0 Å². The first-order valence-electron chi connectivity index (χ1n) is 5.19. The molecular weight excluding hydrogens is 252 g/mol. The van der Waals surface area contributed by atoms with Crippen LogP contribution < -0.4 is 0 Å². The molecule has 0 fully saturated rings. The molecule has 0 radical (unpaired) electrons. The van der Waals surface area contributed by atoms with Crippen LogP contribution >= 0.6 is 23.4 Å². The van der Waals surface area contributed by atoms with Crippen LogP contribution in [0.1, 0.15) is 15.9 Å². The summed E-state index contributed by atoms with van der Waals surface area (Å²) in [7, 11) is 0. The molecule has 1 nitrogen and oxygen atoms in total. The Balaban J connectivity index is 2.35. The topological polar surface area (TPSA) is 17.1 Å². The van der Waals surface area contributed by atoms with Gasteiger partial charge in [-0.15, -0.1) is 0 Å². The van der Waals surface area contributed by atoms with Crippen LogP contribution in [0.3, 0.4) is 0 Å². The van der Waals surface area contributed by atoms with E-state index in [9.17, 15) is 4.79 Å². The molecule has 17 heavy (non-hydrogen) atoms.